The Hall–Kier alpha value is -1.91. The van der Waals surface area contributed by atoms with Gasteiger partial charge < -0.3 is 10.0 Å². The standard InChI is InChI=1S/C18H22FNO3/c19-13-5-3-4-12(10-13)15-11-16(15)18(23)20-9-2-1-6-14(20)7-8-17(21)22/h3-5,10,14-16H,1-2,6-9,11H2,(H,21,22)/t14-,15-,16+/m0/s1. The van der Waals surface area contributed by atoms with Crippen molar-refractivity contribution in [3.8, 4) is 0 Å². The zero-order valence-corrected chi connectivity index (χ0v) is 13.1. The summed E-state index contributed by atoms with van der Waals surface area (Å²) in [5.74, 6) is -0.915. The Bertz CT molecular complexity index is 604. The summed E-state index contributed by atoms with van der Waals surface area (Å²) in [6.45, 7) is 0.718. The zero-order chi connectivity index (χ0) is 16.4. The smallest absolute Gasteiger partial charge is 0.303 e. The largest absolute Gasteiger partial charge is 0.481 e. The molecule has 1 aliphatic carbocycles. The van der Waals surface area contributed by atoms with Gasteiger partial charge in [0.15, 0.2) is 0 Å². The number of carbonyl (C=O) groups excluding carboxylic acids is 1. The van der Waals surface area contributed by atoms with E-state index in [1.165, 1.54) is 12.1 Å². The van der Waals surface area contributed by atoms with Crippen LogP contribution in [0.3, 0.4) is 0 Å². The molecule has 1 saturated heterocycles. The molecule has 124 valence electrons. The van der Waals surface area contributed by atoms with Crippen LogP contribution in [-0.4, -0.2) is 34.5 Å². The van der Waals surface area contributed by atoms with E-state index in [-0.39, 0.29) is 36.0 Å². The van der Waals surface area contributed by atoms with E-state index in [0.717, 1.165) is 37.8 Å². The molecule has 4 nitrogen and oxygen atoms in total. The second kappa shape index (κ2) is 6.69. The fraction of sp³-hybridized carbons (Fsp3) is 0.556. The fourth-order valence-corrected chi connectivity index (χ4v) is 3.67. The van der Waals surface area contributed by atoms with E-state index in [1.54, 1.807) is 6.07 Å². The number of carboxylic acid groups (broad SMARTS) is 1. The molecule has 0 spiro atoms. The summed E-state index contributed by atoms with van der Waals surface area (Å²) in [5.41, 5.74) is 0.891. The molecule has 0 aromatic heterocycles. The van der Waals surface area contributed by atoms with E-state index in [9.17, 15) is 14.0 Å². The predicted octanol–water partition coefficient (Wildman–Crippen LogP) is 3.18. The molecule has 0 bridgehead atoms. The summed E-state index contributed by atoms with van der Waals surface area (Å²) in [4.78, 5) is 25.4. The van der Waals surface area contributed by atoms with Gasteiger partial charge in [-0.25, -0.2) is 4.39 Å². The van der Waals surface area contributed by atoms with Gasteiger partial charge in [-0.3, -0.25) is 9.59 Å². The molecule has 0 unspecified atom stereocenters. The van der Waals surface area contributed by atoms with Crippen LogP contribution in [-0.2, 0) is 9.59 Å². The van der Waals surface area contributed by atoms with E-state index in [2.05, 4.69) is 0 Å². The van der Waals surface area contributed by atoms with Crippen LogP contribution in [0.5, 0.6) is 0 Å². The van der Waals surface area contributed by atoms with Gasteiger partial charge in [0.2, 0.25) is 5.91 Å². The number of nitrogens with zero attached hydrogens (tertiary/aromatic N) is 1. The Morgan fingerprint density at radius 2 is 2.13 bits per heavy atom. The molecule has 1 aromatic carbocycles. The zero-order valence-electron chi connectivity index (χ0n) is 13.1. The second-order valence-electron chi connectivity index (χ2n) is 6.62. The molecule has 23 heavy (non-hydrogen) atoms. The monoisotopic (exact) mass is 319 g/mol. The van der Waals surface area contributed by atoms with Crippen LogP contribution in [0.1, 0.15) is 50.0 Å². The van der Waals surface area contributed by atoms with Crippen molar-refractivity contribution in [1.82, 2.24) is 4.90 Å². The van der Waals surface area contributed by atoms with Crippen molar-refractivity contribution < 1.29 is 19.1 Å². The highest BCUT2D eigenvalue weighted by molar-refractivity contribution is 5.83. The van der Waals surface area contributed by atoms with Gasteiger partial charge in [0.1, 0.15) is 5.82 Å². The molecular formula is C18H22FNO3. The van der Waals surface area contributed by atoms with Crippen molar-refractivity contribution in [3.63, 3.8) is 0 Å². The highest BCUT2D eigenvalue weighted by Gasteiger charge is 2.47. The van der Waals surface area contributed by atoms with Gasteiger partial charge in [-0.2, -0.15) is 0 Å². The van der Waals surface area contributed by atoms with Crippen molar-refractivity contribution in [2.24, 2.45) is 5.92 Å². The van der Waals surface area contributed by atoms with Gasteiger partial charge in [0.25, 0.3) is 0 Å². The normalized spacial score (nSPS) is 26.8. The van der Waals surface area contributed by atoms with Crippen molar-refractivity contribution in [3.05, 3.63) is 35.6 Å². The number of aliphatic carboxylic acids is 1. The van der Waals surface area contributed by atoms with Crippen LogP contribution < -0.4 is 0 Å². The molecule has 1 aliphatic heterocycles. The molecule has 1 aromatic rings. The van der Waals surface area contributed by atoms with E-state index in [4.69, 9.17) is 5.11 Å². The minimum atomic E-state index is -0.813. The lowest BCUT2D eigenvalue weighted by molar-refractivity contribution is -0.140. The van der Waals surface area contributed by atoms with Crippen LogP contribution in [0.15, 0.2) is 24.3 Å². The number of carboxylic acids is 1. The second-order valence-corrected chi connectivity index (χ2v) is 6.62. The Labute approximate surface area is 135 Å². The average Bonchev–Trinajstić information content (AvgIpc) is 3.33. The average molecular weight is 319 g/mol. The summed E-state index contributed by atoms with van der Waals surface area (Å²) in [6.07, 6.45) is 4.31. The van der Waals surface area contributed by atoms with Crippen molar-refractivity contribution >= 4 is 11.9 Å². The number of carbonyl (C=O) groups is 2. The molecule has 2 aliphatic rings. The first-order valence-corrected chi connectivity index (χ1v) is 8.34. The van der Waals surface area contributed by atoms with Crippen molar-refractivity contribution in [2.75, 3.05) is 6.54 Å². The maximum absolute atomic E-state index is 13.3. The van der Waals surface area contributed by atoms with Crippen LogP contribution in [0, 0.1) is 11.7 Å². The summed E-state index contributed by atoms with van der Waals surface area (Å²) >= 11 is 0. The third-order valence-corrected chi connectivity index (χ3v) is 4.99. The first-order chi connectivity index (χ1) is 11.1. The highest BCUT2D eigenvalue weighted by atomic mass is 19.1. The Balaban J connectivity index is 1.63. The molecule has 1 amide bonds. The quantitative estimate of drug-likeness (QED) is 0.907. The summed E-state index contributed by atoms with van der Waals surface area (Å²) in [7, 11) is 0. The van der Waals surface area contributed by atoms with E-state index >= 15 is 0 Å². The van der Waals surface area contributed by atoms with Crippen LogP contribution in [0.2, 0.25) is 0 Å². The third-order valence-electron chi connectivity index (χ3n) is 4.99. The number of piperidine rings is 1. The Kier molecular flexibility index (Phi) is 4.64. The molecule has 1 heterocycles. The number of likely N-dealkylation sites (tertiary alicyclic amines) is 1. The number of hydrogen-bond acceptors (Lipinski definition) is 2. The van der Waals surface area contributed by atoms with Crippen molar-refractivity contribution in [1.29, 1.82) is 0 Å². The number of amides is 1. The molecule has 3 atom stereocenters. The molecule has 5 heteroatoms. The maximum atomic E-state index is 13.3. The lowest BCUT2D eigenvalue weighted by atomic mass is 9.97. The van der Waals surface area contributed by atoms with Gasteiger partial charge in [0.05, 0.1) is 0 Å². The lowest BCUT2D eigenvalue weighted by Crippen LogP contribution is -2.44. The fourth-order valence-electron chi connectivity index (χ4n) is 3.67. The minimum Gasteiger partial charge on any atom is -0.481 e. The molecule has 1 saturated carbocycles. The van der Waals surface area contributed by atoms with Crippen LogP contribution >= 0.6 is 0 Å². The Morgan fingerprint density at radius 3 is 2.87 bits per heavy atom. The van der Waals surface area contributed by atoms with Crippen LogP contribution in [0.4, 0.5) is 4.39 Å². The number of halogens is 1. The van der Waals surface area contributed by atoms with Gasteiger partial charge in [-0.1, -0.05) is 12.1 Å². The number of rotatable bonds is 5. The van der Waals surface area contributed by atoms with E-state index in [0.29, 0.717) is 6.42 Å². The molecule has 0 radical (unpaired) electrons. The highest BCUT2D eigenvalue weighted by Crippen LogP contribution is 2.49. The van der Waals surface area contributed by atoms with Crippen molar-refractivity contribution in [2.45, 2.75) is 50.5 Å². The third kappa shape index (κ3) is 3.71. The summed E-state index contributed by atoms with van der Waals surface area (Å²) in [5, 5.41) is 8.87. The maximum Gasteiger partial charge on any atom is 0.303 e. The minimum absolute atomic E-state index is 0.0427. The molecule has 2 fully saturated rings. The molecule has 3 rings (SSSR count). The lowest BCUT2D eigenvalue weighted by Gasteiger charge is -2.36. The summed E-state index contributed by atoms with van der Waals surface area (Å²) in [6, 6.07) is 6.52. The van der Waals surface area contributed by atoms with Gasteiger partial charge in [0, 0.05) is 24.9 Å². The molecule has 1 N–H and O–H groups in total. The Morgan fingerprint density at radius 1 is 1.30 bits per heavy atom. The predicted molar refractivity (Wildman–Crippen MR) is 83.5 cm³/mol. The van der Waals surface area contributed by atoms with Gasteiger partial charge in [-0.15, -0.1) is 0 Å². The summed E-state index contributed by atoms with van der Waals surface area (Å²) < 4.78 is 13.3. The number of hydrogen-bond donors (Lipinski definition) is 1. The van der Waals surface area contributed by atoms with Crippen LogP contribution in [0.25, 0.3) is 0 Å². The van der Waals surface area contributed by atoms with E-state index in [1.807, 2.05) is 11.0 Å². The van der Waals surface area contributed by atoms with Gasteiger partial charge >= 0.3 is 5.97 Å². The van der Waals surface area contributed by atoms with Gasteiger partial charge in [-0.05, 0) is 55.7 Å². The number of benzene rings is 1. The van der Waals surface area contributed by atoms with E-state index < -0.39 is 5.97 Å². The molecular weight excluding hydrogens is 297 g/mol. The first kappa shape index (κ1) is 16.0. The first-order valence-electron chi connectivity index (χ1n) is 8.34. The topological polar surface area (TPSA) is 57.6 Å². The SMILES string of the molecule is O=C(O)CC[C@@H]1CCCCN1C(=O)[C@@H]1C[C@H]1c1cccc(F)c1.